The van der Waals surface area contributed by atoms with Gasteiger partial charge in [0.25, 0.3) is 0 Å². The van der Waals surface area contributed by atoms with E-state index in [1.165, 1.54) is 7.11 Å². The van der Waals surface area contributed by atoms with Crippen molar-refractivity contribution in [3.63, 3.8) is 0 Å². The zero-order valence-corrected chi connectivity index (χ0v) is 8.77. The fourth-order valence-corrected chi connectivity index (χ4v) is 2.08. The second-order valence-corrected chi connectivity index (χ2v) is 3.54. The molecule has 0 saturated heterocycles. The van der Waals surface area contributed by atoms with E-state index >= 15 is 0 Å². The van der Waals surface area contributed by atoms with E-state index in [9.17, 15) is 4.79 Å². The highest BCUT2D eigenvalue weighted by Crippen LogP contribution is 2.23. The van der Waals surface area contributed by atoms with Gasteiger partial charge in [-0.25, -0.2) is 4.79 Å². The maximum atomic E-state index is 11.2. The first kappa shape index (κ1) is 9.99. The summed E-state index contributed by atoms with van der Waals surface area (Å²) in [6, 6.07) is 0. The van der Waals surface area contributed by atoms with Crippen molar-refractivity contribution < 1.29 is 9.53 Å². The van der Waals surface area contributed by atoms with Gasteiger partial charge in [-0.05, 0) is 25.5 Å². The fourth-order valence-electron chi connectivity index (χ4n) is 1.06. The third kappa shape index (κ3) is 1.98. The number of hydrogen-bond acceptors (Lipinski definition) is 3. The van der Waals surface area contributed by atoms with Gasteiger partial charge in [-0.3, -0.25) is 0 Å². The first-order valence-electron chi connectivity index (χ1n) is 3.99. The summed E-state index contributed by atoms with van der Waals surface area (Å²) in [4.78, 5) is 12.3. The Morgan fingerprint density at radius 2 is 2.31 bits per heavy atom. The van der Waals surface area contributed by atoms with E-state index < -0.39 is 0 Å². The van der Waals surface area contributed by atoms with Crippen LogP contribution in [0.5, 0.6) is 0 Å². The summed E-state index contributed by atoms with van der Waals surface area (Å²) in [7, 11) is 1.40. The highest BCUT2D eigenvalue weighted by atomic mass is 32.1. The number of hydrogen-bond donors (Lipinski definition) is 0. The number of ether oxygens (including phenoxy) is 1. The van der Waals surface area contributed by atoms with Crippen molar-refractivity contribution in [1.29, 1.82) is 0 Å². The second-order valence-electron chi connectivity index (χ2n) is 2.63. The number of rotatable bonds is 2. The fraction of sp³-hybridized carbons (Fsp3) is 0.300. The molecule has 0 fully saturated rings. The number of carbonyl (C=O) groups excluding carboxylic acids is 1. The Labute approximate surface area is 81.8 Å². The van der Waals surface area contributed by atoms with Gasteiger partial charge in [0.1, 0.15) is 0 Å². The van der Waals surface area contributed by atoms with Crippen LogP contribution in [0.1, 0.15) is 27.7 Å². The van der Waals surface area contributed by atoms with E-state index in [0.717, 1.165) is 10.4 Å². The molecule has 0 atom stereocenters. The second kappa shape index (κ2) is 4.23. The molecule has 0 aromatic carbocycles. The normalized spacial score (nSPS) is 10.7. The molecule has 0 spiro atoms. The molecule has 1 aromatic heterocycles. The molecule has 13 heavy (non-hydrogen) atoms. The molecular formula is C10H12O2S. The quantitative estimate of drug-likeness (QED) is 0.680. The van der Waals surface area contributed by atoms with Crippen LogP contribution in [-0.4, -0.2) is 13.1 Å². The average molecular weight is 196 g/mol. The molecule has 0 radical (unpaired) electrons. The van der Waals surface area contributed by atoms with E-state index in [-0.39, 0.29) is 5.97 Å². The van der Waals surface area contributed by atoms with Gasteiger partial charge >= 0.3 is 5.97 Å². The maximum absolute atomic E-state index is 11.2. The molecule has 3 heteroatoms. The molecule has 0 saturated carbocycles. The Hall–Kier alpha value is -1.09. The molecule has 0 aliphatic heterocycles. The Kier molecular flexibility index (Phi) is 3.25. The number of esters is 1. The Morgan fingerprint density at radius 3 is 2.85 bits per heavy atom. The lowest BCUT2D eigenvalue weighted by molar-refractivity contribution is 0.0600. The monoisotopic (exact) mass is 196 g/mol. The summed E-state index contributed by atoms with van der Waals surface area (Å²) in [6.07, 6.45) is 3.95. The molecule has 0 aliphatic rings. The number of methoxy groups -OCH3 is 1. The largest absolute Gasteiger partial charge is 0.465 e. The van der Waals surface area contributed by atoms with Crippen molar-refractivity contribution in [3.8, 4) is 0 Å². The van der Waals surface area contributed by atoms with E-state index in [1.54, 1.807) is 11.3 Å². The predicted octanol–water partition coefficient (Wildman–Crippen LogP) is 2.88. The highest BCUT2D eigenvalue weighted by molar-refractivity contribution is 7.11. The van der Waals surface area contributed by atoms with Crippen LogP contribution >= 0.6 is 11.3 Å². The summed E-state index contributed by atoms with van der Waals surface area (Å²) >= 11 is 1.56. The summed E-state index contributed by atoms with van der Waals surface area (Å²) in [5.41, 5.74) is 1.66. The van der Waals surface area contributed by atoms with Gasteiger partial charge in [0, 0.05) is 10.3 Å². The molecule has 0 bridgehead atoms. The van der Waals surface area contributed by atoms with Crippen molar-refractivity contribution in [2.75, 3.05) is 7.11 Å². The number of carbonyl (C=O) groups is 1. The molecule has 1 aromatic rings. The third-order valence-corrected chi connectivity index (χ3v) is 2.85. The molecular weight excluding hydrogens is 184 g/mol. The lowest BCUT2D eigenvalue weighted by Crippen LogP contribution is -2.00. The molecule has 0 amide bonds. The van der Waals surface area contributed by atoms with Crippen molar-refractivity contribution in [2.45, 2.75) is 13.8 Å². The molecule has 0 aliphatic carbocycles. The van der Waals surface area contributed by atoms with Crippen LogP contribution < -0.4 is 0 Å². The minimum absolute atomic E-state index is 0.260. The zero-order valence-electron chi connectivity index (χ0n) is 7.96. The van der Waals surface area contributed by atoms with Crippen molar-refractivity contribution in [3.05, 3.63) is 27.5 Å². The molecule has 70 valence electrons. The van der Waals surface area contributed by atoms with Gasteiger partial charge in [-0.2, -0.15) is 0 Å². The highest BCUT2D eigenvalue weighted by Gasteiger charge is 2.12. The van der Waals surface area contributed by atoms with Crippen LogP contribution in [0.15, 0.2) is 11.5 Å². The summed E-state index contributed by atoms with van der Waals surface area (Å²) in [5, 5.41) is 1.83. The third-order valence-electron chi connectivity index (χ3n) is 1.80. The van der Waals surface area contributed by atoms with Crippen molar-refractivity contribution in [1.82, 2.24) is 0 Å². The van der Waals surface area contributed by atoms with Crippen LogP contribution in [0.3, 0.4) is 0 Å². The first-order valence-corrected chi connectivity index (χ1v) is 4.87. The number of thiophene rings is 1. The molecule has 0 N–H and O–H groups in total. The molecule has 0 unspecified atom stereocenters. The van der Waals surface area contributed by atoms with Crippen LogP contribution in [0.25, 0.3) is 6.08 Å². The lowest BCUT2D eigenvalue weighted by atomic mass is 10.1. The molecule has 1 rings (SSSR count). The van der Waals surface area contributed by atoms with Crippen LogP contribution in [0, 0.1) is 6.92 Å². The smallest absolute Gasteiger partial charge is 0.338 e. The zero-order chi connectivity index (χ0) is 9.84. The molecule has 1 heterocycles. The summed E-state index contributed by atoms with van der Waals surface area (Å²) in [5.74, 6) is -0.260. The van der Waals surface area contributed by atoms with Gasteiger partial charge < -0.3 is 4.74 Å². The SMILES string of the molecule is C/C=C/c1scc(C(=O)OC)c1C. The van der Waals surface area contributed by atoms with Crippen LogP contribution in [0.4, 0.5) is 0 Å². The van der Waals surface area contributed by atoms with Gasteiger partial charge in [-0.1, -0.05) is 6.08 Å². The summed E-state index contributed by atoms with van der Waals surface area (Å²) in [6.45, 7) is 3.88. The average Bonchev–Trinajstić information content (AvgIpc) is 2.48. The van der Waals surface area contributed by atoms with Crippen LogP contribution in [-0.2, 0) is 4.74 Å². The Morgan fingerprint density at radius 1 is 1.62 bits per heavy atom. The first-order chi connectivity index (χ1) is 6.20. The van der Waals surface area contributed by atoms with E-state index in [0.29, 0.717) is 5.56 Å². The van der Waals surface area contributed by atoms with Crippen molar-refractivity contribution >= 4 is 23.4 Å². The lowest BCUT2D eigenvalue weighted by Gasteiger charge is -1.96. The number of allylic oxidation sites excluding steroid dienone is 1. The van der Waals surface area contributed by atoms with E-state index in [4.69, 9.17) is 0 Å². The summed E-state index contributed by atoms with van der Waals surface area (Å²) < 4.78 is 4.65. The minimum Gasteiger partial charge on any atom is -0.465 e. The molecule has 2 nitrogen and oxygen atoms in total. The van der Waals surface area contributed by atoms with Gasteiger partial charge in [0.15, 0.2) is 0 Å². The predicted molar refractivity (Wildman–Crippen MR) is 55.1 cm³/mol. The minimum atomic E-state index is -0.260. The van der Waals surface area contributed by atoms with Gasteiger partial charge in [-0.15, -0.1) is 11.3 Å². The van der Waals surface area contributed by atoms with Crippen molar-refractivity contribution in [2.24, 2.45) is 0 Å². The maximum Gasteiger partial charge on any atom is 0.338 e. The van der Waals surface area contributed by atoms with Crippen LogP contribution in [0.2, 0.25) is 0 Å². The Balaban J connectivity index is 3.06. The standard InChI is InChI=1S/C10H12O2S/c1-4-5-9-7(2)8(6-13-9)10(11)12-3/h4-6H,1-3H3/b5-4+. The van der Waals surface area contributed by atoms with E-state index in [1.807, 2.05) is 31.4 Å². The Bertz CT molecular complexity index is 337. The van der Waals surface area contributed by atoms with E-state index in [2.05, 4.69) is 4.74 Å². The topological polar surface area (TPSA) is 26.3 Å². The van der Waals surface area contributed by atoms with Gasteiger partial charge in [0.2, 0.25) is 0 Å². The van der Waals surface area contributed by atoms with Gasteiger partial charge in [0.05, 0.1) is 12.7 Å².